The zero-order valence-electron chi connectivity index (χ0n) is 12.1. The van der Waals surface area contributed by atoms with E-state index in [9.17, 15) is 8.42 Å². The van der Waals surface area contributed by atoms with Crippen molar-refractivity contribution in [3.05, 3.63) is 59.7 Å². The van der Waals surface area contributed by atoms with E-state index in [2.05, 4.69) is 0 Å². The lowest BCUT2D eigenvalue weighted by molar-refractivity contribution is 0.322. The Kier molecular flexibility index (Phi) is 5.45. The summed E-state index contributed by atoms with van der Waals surface area (Å²) in [4.78, 5) is 1.39. The molecule has 0 aliphatic heterocycles. The first-order valence-corrected chi connectivity index (χ1v) is 9.23. The van der Waals surface area contributed by atoms with Crippen LogP contribution in [0.3, 0.4) is 0 Å². The van der Waals surface area contributed by atoms with Gasteiger partial charge in [-0.3, -0.25) is 4.18 Å². The molecule has 0 spiro atoms. The van der Waals surface area contributed by atoms with Crippen molar-refractivity contribution in [3.63, 3.8) is 0 Å². The van der Waals surface area contributed by atoms with Gasteiger partial charge in [0.15, 0.2) is 0 Å². The summed E-state index contributed by atoms with van der Waals surface area (Å²) in [7, 11) is -3.66. The molecule has 2 aromatic carbocycles. The third-order valence-corrected chi connectivity index (χ3v) is 5.17. The fraction of sp³-hybridized carbons (Fsp3) is 0.250. The Labute approximate surface area is 130 Å². The van der Waals surface area contributed by atoms with Crippen LogP contribution in [0.1, 0.15) is 11.1 Å². The smallest absolute Gasteiger partial charge is 0.266 e. The van der Waals surface area contributed by atoms with E-state index >= 15 is 0 Å². The van der Waals surface area contributed by atoms with Crippen LogP contribution in [0.2, 0.25) is 0 Å². The maximum Gasteiger partial charge on any atom is 0.296 e. The summed E-state index contributed by atoms with van der Waals surface area (Å²) in [5.41, 5.74) is 2.08. The molecule has 2 rings (SSSR count). The summed E-state index contributed by atoms with van der Waals surface area (Å²) >= 11 is 1.68. The number of benzene rings is 2. The Morgan fingerprint density at radius 3 is 2.19 bits per heavy atom. The van der Waals surface area contributed by atoms with Crippen molar-refractivity contribution in [3.8, 4) is 0 Å². The molecule has 21 heavy (non-hydrogen) atoms. The molecular weight excluding hydrogens is 304 g/mol. The van der Waals surface area contributed by atoms with Gasteiger partial charge in [0.1, 0.15) is 0 Å². The van der Waals surface area contributed by atoms with Crippen LogP contribution in [0.4, 0.5) is 0 Å². The average molecular weight is 322 g/mol. The topological polar surface area (TPSA) is 43.4 Å². The van der Waals surface area contributed by atoms with Gasteiger partial charge in [-0.15, -0.1) is 11.8 Å². The van der Waals surface area contributed by atoms with E-state index in [4.69, 9.17) is 4.18 Å². The summed E-state index contributed by atoms with van der Waals surface area (Å²) in [5, 5.41) is 0. The predicted molar refractivity (Wildman–Crippen MR) is 86.2 cm³/mol. The van der Waals surface area contributed by atoms with Crippen LogP contribution in [0.5, 0.6) is 0 Å². The monoisotopic (exact) mass is 322 g/mol. The number of hydrogen-bond acceptors (Lipinski definition) is 4. The highest BCUT2D eigenvalue weighted by molar-refractivity contribution is 7.98. The molecule has 0 aliphatic rings. The molecule has 0 N–H and O–H groups in total. The summed E-state index contributed by atoms with van der Waals surface area (Å²) in [6, 6.07) is 14.7. The van der Waals surface area contributed by atoms with E-state index in [1.807, 2.05) is 37.4 Å². The van der Waals surface area contributed by atoms with Crippen molar-refractivity contribution in [2.45, 2.75) is 23.1 Å². The zero-order chi connectivity index (χ0) is 15.3. The molecule has 0 saturated carbocycles. The fourth-order valence-electron chi connectivity index (χ4n) is 1.83. The Morgan fingerprint density at radius 2 is 1.62 bits per heavy atom. The standard InChI is InChI=1S/C16H18O3S2/c1-13-3-9-16(10-4-13)21(17,18)19-12-11-14-5-7-15(20-2)8-6-14/h3-10H,11-12H2,1-2H3. The molecule has 112 valence electrons. The van der Waals surface area contributed by atoms with Crippen LogP contribution in [-0.4, -0.2) is 21.3 Å². The molecule has 5 heteroatoms. The van der Waals surface area contributed by atoms with Gasteiger partial charge in [0.2, 0.25) is 0 Å². The van der Waals surface area contributed by atoms with Crippen LogP contribution >= 0.6 is 11.8 Å². The molecule has 0 unspecified atom stereocenters. The van der Waals surface area contributed by atoms with Gasteiger partial charge in [0.05, 0.1) is 11.5 Å². The van der Waals surface area contributed by atoms with E-state index in [-0.39, 0.29) is 11.5 Å². The fourth-order valence-corrected chi connectivity index (χ4v) is 3.15. The average Bonchev–Trinajstić information content (AvgIpc) is 2.48. The van der Waals surface area contributed by atoms with Gasteiger partial charge >= 0.3 is 0 Å². The molecule has 0 fully saturated rings. The van der Waals surface area contributed by atoms with Crippen molar-refractivity contribution in [2.24, 2.45) is 0 Å². The first-order valence-electron chi connectivity index (χ1n) is 6.60. The number of rotatable bonds is 6. The van der Waals surface area contributed by atoms with Gasteiger partial charge in [-0.1, -0.05) is 29.8 Å². The number of hydrogen-bond donors (Lipinski definition) is 0. The van der Waals surface area contributed by atoms with Gasteiger partial charge < -0.3 is 0 Å². The first kappa shape index (κ1) is 16.1. The molecular formula is C16H18O3S2. The maximum atomic E-state index is 12.0. The van der Waals surface area contributed by atoms with Crippen molar-refractivity contribution in [2.75, 3.05) is 12.9 Å². The van der Waals surface area contributed by atoms with E-state index in [0.717, 1.165) is 11.1 Å². The normalized spacial score (nSPS) is 11.5. The second kappa shape index (κ2) is 7.11. The highest BCUT2D eigenvalue weighted by atomic mass is 32.2. The minimum absolute atomic E-state index is 0.148. The zero-order valence-corrected chi connectivity index (χ0v) is 13.7. The SMILES string of the molecule is CSc1ccc(CCOS(=O)(=O)c2ccc(C)cc2)cc1. The summed E-state index contributed by atoms with van der Waals surface area (Å²) in [5.74, 6) is 0. The molecule has 0 bridgehead atoms. The molecule has 0 aliphatic carbocycles. The third kappa shape index (κ3) is 4.59. The second-order valence-electron chi connectivity index (χ2n) is 4.69. The molecule has 2 aromatic rings. The van der Waals surface area contributed by atoms with Crippen molar-refractivity contribution in [1.82, 2.24) is 0 Å². The Balaban J connectivity index is 1.93. The van der Waals surface area contributed by atoms with Crippen LogP contribution in [0.25, 0.3) is 0 Å². The molecule has 0 atom stereocenters. The molecule has 3 nitrogen and oxygen atoms in total. The predicted octanol–water partition coefficient (Wildman–Crippen LogP) is 3.66. The van der Waals surface area contributed by atoms with E-state index in [0.29, 0.717) is 6.42 Å². The first-order chi connectivity index (χ1) is 10.0. The maximum absolute atomic E-state index is 12.0. The molecule has 0 heterocycles. The van der Waals surface area contributed by atoms with Gasteiger partial charge in [0, 0.05) is 4.90 Å². The van der Waals surface area contributed by atoms with Gasteiger partial charge in [-0.05, 0) is 49.4 Å². The molecule has 0 saturated heterocycles. The van der Waals surface area contributed by atoms with Gasteiger partial charge in [-0.2, -0.15) is 8.42 Å². The number of thioether (sulfide) groups is 1. The second-order valence-corrected chi connectivity index (χ2v) is 7.18. The lowest BCUT2D eigenvalue weighted by Gasteiger charge is -2.06. The molecule has 0 aromatic heterocycles. The van der Waals surface area contributed by atoms with E-state index in [1.165, 1.54) is 4.90 Å². The van der Waals surface area contributed by atoms with Crippen molar-refractivity contribution in [1.29, 1.82) is 0 Å². The van der Waals surface area contributed by atoms with Crippen molar-refractivity contribution >= 4 is 21.9 Å². The van der Waals surface area contributed by atoms with Gasteiger partial charge in [-0.25, -0.2) is 0 Å². The van der Waals surface area contributed by atoms with E-state index in [1.54, 1.807) is 36.0 Å². The summed E-state index contributed by atoms with van der Waals surface area (Å²) < 4.78 is 29.1. The highest BCUT2D eigenvalue weighted by Gasteiger charge is 2.14. The van der Waals surface area contributed by atoms with Crippen LogP contribution < -0.4 is 0 Å². The van der Waals surface area contributed by atoms with Crippen LogP contribution in [0, 0.1) is 6.92 Å². The van der Waals surface area contributed by atoms with Crippen molar-refractivity contribution < 1.29 is 12.6 Å². The quantitative estimate of drug-likeness (QED) is 0.601. The van der Waals surface area contributed by atoms with Crippen LogP contribution in [-0.2, 0) is 20.7 Å². The lowest BCUT2D eigenvalue weighted by Crippen LogP contribution is -2.09. The minimum Gasteiger partial charge on any atom is -0.266 e. The largest absolute Gasteiger partial charge is 0.296 e. The van der Waals surface area contributed by atoms with Crippen LogP contribution in [0.15, 0.2) is 58.3 Å². The Hall–Kier alpha value is -1.30. The highest BCUT2D eigenvalue weighted by Crippen LogP contribution is 2.16. The minimum atomic E-state index is -3.66. The molecule has 0 amide bonds. The summed E-state index contributed by atoms with van der Waals surface area (Å²) in [6.07, 6.45) is 2.59. The van der Waals surface area contributed by atoms with Gasteiger partial charge in [0.25, 0.3) is 10.1 Å². The summed E-state index contributed by atoms with van der Waals surface area (Å²) in [6.45, 7) is 2.06. The molecule has 0 radical (unpaired) electrons. The number of aryl methyl sites for hydroxylation is 1. The Bertz CT molecular complexity index is 674. The third-order valence-electron chi connectivity index (χ3n) is 3.10. The van der Waals surface area contributed by atoms with E-state index < -0.39 is 10.1 Å². The Morgan fingerprint density at radius 1 is 1.00 bits per heavy atom. The lowest BCUT2D eigenvalue weighted by atomic mass is 10.2.